The van der Waals surface area contributed by atoms with Crippen molar-refractivity contribution >= 4 is 57.7 Å². The van der Waals surface area contributed by atoms with Crippen LogP contribution >= 0.6 is 23.8 Å². The van der Waals surface area contributed by atoms with Crippen LogP contribution in [0.15, 0.2) is 93.8 Å². The van der Waals surface area contributed by atoms with Gasteiger partial charge in [0.05, 0.1) is 0 Å². The lowest BCUT2D eigenvalue weighted by Gasteiger charge is -2.07. The standard InChI is InChI=1S/C28H20ClN3O3S/c1-17-7-8-19(15-22(17)29)27-31-23-16-20(9-12-25(23)35-27)30-28(36)32-26(33)14-11-21-10-13-24(34-21)18-5-3-2-4-6-18/h2-16H,1H3,(H2,30,32,33,36)/b14-11+. The summed E-state index contributed by atoms with van der Waals surface area (Å²) in [6.45, 7) is 1.94. The van der Waals surface area contributed by atoms with Crippen LogP contribution in [0.2, 0.25) is 5.02 Å². The van der Waals surface area contributed by atoms with Crippen molar-refractivity contribution in [2.45, 2.75) is 6.92 Å². The Bertz CT molecular complexity index is 1610. The first-order chi connectivity index (χ1) is 17.4. The van der Waals surface area contributed by atoms with Crippen molar-refractivity contribution in [1.82, 2.24) is 10.3 Å². The molecule has 0 spiro atoms. The van der Waals surface area contributed by atoms with Crippen molar-refractivity contribution in [2.24, 2.45) is 0 Å². The number of aryl methyl sites for hydroxylation is 1. The average Bonchev–Trinajstić information content (AvgIpc) is 3.52. The molecule has 2 heterocycles. The van der Waals surface area contributed by atoms with Crippen molar-refractivity contribution in [3.63, 3.8) is 0 Å². The Labute approximate surface area is 217 Å². The van der Waals surface area contributed by atoms with E-state index in [2.05, 4.69) is 15.6 Å². The number of fused-ring (bicyclic) bond motifs is 1. The third-order valence-electron chi connectivity index (χ3n) is 5.39. The summed E-state index contributed by atoms with van der Waals surface area (Å²) in [6, 6.07) is 24.4. The van der Waals surface area contributed by atoms with Gasteiger partial charge in [0.25, 0.3) is 0 Å². The van der Waals surface area contributed by atoms with E-state index >= 15 is 0 Å². The maximum atomic E-state index is 12.3. The van der Waals surface area contributed by atoms with Crippen molar-refractivity contribution < 1.29 is 13.6 Å². The third kappa shape index (κ3) is 5.38. The summed E-state index contributed by atoms with van der Waals surface area (Å²) in [7, 11) is 0. The Morgan fingerprint density at radius 3 is 2.61 bits per heavy atom. The van der Waals surface area contributed by atoms with Gasteiger partial charge in [0.15, 0.2) is 10.7 Å². The van der Waals surface area contributed by atoms with E-state index in [9.17, 15) is 4.79 Å². The lowest BCUT2D eigenvalue weighted by molar-refractivity contribution is -0.115. The summed E-state index contributed by atoms with van der Waals surface area (Å²) in [5.41, 5.74) is 4.67. The molecule has 8 heteroatoms. The van der Waals surface area contributed by atoms with E-state index in [-0.39, 0.29) is 11.0 Å². The fraction of sp³-hybridized carbons (Fsp3) is 0.0357. The number of halogens is 1. The molecule has 2 N–H and O–H groups in total. The summed E-state index contributed by atoms with van der Waals surface area (Å²) in [6.07, 6.45) is 2.95. The van der Waals surface area contributed by atoms with E-state index in [1.54, 1.807) is 30.3 Å². The van der Waals surface area contributed by atoms with Crippen LogP contribution in [0.1, 0.15) is 11.3 Å². The molecule has 2 aromatic heterocycles. The minimum absolute atomic E-state index is 0.155. The van der Waals surface area contributed by atoms with Crippen LogP contribution in [0.25, 0.3) is 40.0 Å². The van der Waals surface area contributed by atoms with Crippen molar-refractivity contribution in [3.8, 4) is 22.8 Å². The molecule has 0 aliphatic carbocycles. The summed E-state index contributed by atoms with van der Waals surface area (Å²) in [5, 5.41) is 6.42. The highest BCUT2D eigenvalue weighted by atomic mass is 35.5. The second-order valence-electron chi connectivity index (χ2n) is 8.01. The molecule has 1 amide bonds. The number of thiocarbonyl (C=S) groups is 1. The van der Waals surface area contributed by atoms with Gasteiger partial charge in [-0.1, -0.05) is 48.0 Å². The van der Waals surface area contributed by atoms with E-state index in [4.69, 9.17) is 32.7 Å². The number of hydrogen-bond donors (Lipinski definition) is 2. The first kappa shape index (κ1) is 23.5. The van der Waals surface area contributed by atoms with Gasteiger partial charge in [0.2, 0.25) is 11.8 Å². The minimum atomic E-state index is -0.383. The highest BCUT2D eigenvalue weighted by molar-refractivity contribution is 7.80. The quantitative estimate of drug-likeness (QED) is 0.190. The molecule has 36 heavy (non-hydrogen) atoms. The number of furan rings is 1. The smallest absolute Gasteiger partial charge is 0.250 e. The van der Waals surface area contributed by atoms with Crippen LogP contribution in [0.4, 0.5) is 5.69 Å². The minimum Gasteiger partial charge on any atom is -0.457 e. The topological polar surface area (TPSA) is 80.3 Å². The number of nitrogens with zero attached hydrogens (tertiary/aromatic N) is 1. The maximum absolute atomic E-state index is 12.3. The summed E-state index contributed by atoms with van der Waals surface area (Å²) in [5.74, 6) is 1.37. The number of amides is 1. The fourth-order valence-electron chi connectivity index (χ4n) is 3.53. The zero-order chi connectivity index (χ0) is 25.1. The van der Waals surface area contributed by atoms with Gasteiger partial charge in [-0.05, 0) is 73.2 Å². The molecule has 0 radical (unpaired) electrons. The van der Waals surface area contributed by atoms with Gasteiger partial charge in [0.1, 0.15) is 17.0 Å². The van der Waals surface area contributed by atoms with E-state index in [0.29, 0.717) is 33.5 Å². The molecule has 0 atom stereocenters. The summed E-state index contributed by atoms with van der Waals surface area (Å²) >= 11 is 11.5. The maximum Gasteiger partial charge on any atom is 0.250 e. The predicted molar refractivity (Wildman–Crippen MR) is 147 cm³/mol. The zero-order valence-corrected chi connectivity index (χ0v) is 20.7. The normalized spacial score (nSPS) is 11.2. The van der Waals surface area contributed by atoms with E-state index in [0.717, 1.165) is 22.5 Å². The molecule has 0 aliphatic heterocycles. The van der Waals surface area contributed by atoms with Crippen LogP contribution in [-0.4, -0.2) is 16.0 Å². The monoisotopic (exact) mass is 513 g/mol. The highest BCUT2D eigenvalue weighted by Crippen LogP contribution is 2.29. The highest BCUT2D eigenvalue weighted by Gasteiger charge is 2.11. The summed E-state index contributed by atoms with van der Waals surface area (Å²) < 4.78 is 11.6. The first-order valence-corrected chi connectivity index (χ1v) is 11.9. The molecular weight excluding hydrogens is 494 g/mol. The molecule has 0 fully saturated rings. The molecule has 0 saturated carbocycles. The van der Waals surface area contributed by atoms with Gasteiger partial charge in [0, 0.05) is 27.9 Å². The number of hydrogen-bond acceptors (Lipinski definition) is 5. The van der Waals surface area contributed by atoms with Crippen LogP contribution < -0.4 is 10.6 Å². The van der Waals surface area contributed by atoms with Gasteiger partial charge in [-0.15, -0.1) is 0 Å². The second-order valence-corrected chi connectivity index (χ2v) is 8.83. The Morgan fingerprint density at radius 2 is 1.81 bits per heavy atom. The Morgan fingerprint density at radius 1 is 0.972 bits per heavy atom. The van der Waals surface area contributed by atoms with Crippen LogP contribution in [0.3, 0.4) is 0 Å². The average molecular weight is 514 g/mol. The molecule has 0 unspecified atom stereocenters. The molecule has 5 rings (SSSR count). The van der Waals surface area contributed by atoms with E-state index in [1.807, 2.05) is 61.5 Å². The molecular formula is C28H20ClN3O3S. The number of nitrogens with one attached hydrogen (secondary N) is 2. The molecule has 0 aliphatic rings. The lowest BCUT2D eigenvalue weighted by Crippen LogP contribution is -2.32. The van der Waals surface area contributed by atoms with Crippen LogP contribution in [0.5, 0.6) is 0 Å². The first-order valence-electron chi connectivity index (χ1n) is 11.1. The lowest BCUT2D eigenvalue weighted by atomic mass is 10.1. The number of aromatic nitrogens is 1. The SMILES string of the molecule is Cc1ccc(-c2nc3cc(NC(=S)NC(=O)/C=C/c4ccc(-c5ccccc5)o4)ccc3o2)cc1Cl. The second kappa shape index (κ2) is 10.2. The molecule has 0 saturated heterocycles. The predicted octanol–water partition coefficient (Wildman–Crippen LogP) is 7.24. The number of anilines is 1. The Kier molecular flexibility index (Phi) is 6.66. The Balaban J connectivity index is 1.21. The largest absolute Gasteiger partial charge is 0.457 e. The Hall–Kier alpha value is -4.20. The van der Waals surface area contributed by atoms with E-state index < -0.39 is 0 Å². The number of oxazole rings is 1. The van der Waals surface area contributed by atoms with Crippen LogP contribution in [-0.2, 0) is 4.79 Å². The zero-order valence-electron chi connectivity index (χ0n) is 19.1. The van der Waals surface area contributed by atoms with Crippen molar-refractivity contribution in [3.05, 3.63) is 101 Å². The molecule has 6 nitrogen and oxygen atoms in total. The number of rotatable bonds is 5. The number of carbonyl (C=O) groups is 1. The van der Waals surface area contributed by atoms with Gasteiger partial charge < -0.3 is 14.2 Å². The van der Waals surface area contributed by atoms with Gasteiger partial charge in [-0.3, -0.25) is 10.1 Å². The molecule has 0 bridgehead atoms. The van der Waals surface area contributed by atoms with E-state index in [1.165, 1.54) is 6.08 Å². The number of carbonyl (C=O) groups excluding carboxylic acids is 1. The van der Waals surface area contributed by atoms with Crippen molar-refractivity contribution in [1.29, 1.82) is 0 Å². The van der Waals surface area contributed by atoms with Gasteiger partial charge in [-0.25, -0.2) is 4.98 Å². The summed E-state index contributed by atoms with van der Waals surface area (Å²) in [4.78, 5) is 16.9. The van der Waals surface area contributed by atoms with Crippen molar-refractivity contribution in [2.75, 3.05) is 5.32 Å². The molecule has 5 aromatic rings. The van der Waals surface area contributed by atoms with Crippen LogP contribution in [0, 0.1) is 6.92 Å². The van der Waals surface area contributed by atoms with Gasteiger partial charge >= 0.3 is 0 Å². The molecule has 178 valence electrons. The number of benzene rings is 3. The van der Waals surface area contributed by atoms with Gasteiger partial charge in [-0.2, -0.15) is 0 Å². The third-order valence-corrected chi connectivity index (χ3v) is 6.00. The fourth-order valence-corrected chi connectivity index (χ4v) is 3.93. The molecule has 3 aromatic carbocycles.